The fraction of sp³-hybridized carbons (Fsp3) is 0.538. The van der Waals surface area contributed by atoms with Crippen molar-refractivity contribution in [2.75, 3.05) is 33.4 Å². The van der Waals surface area contributed by atoms with E-state index < -0.39 is 0 Å². The van der Waals surface area contributed by atoms with Gasteiger partial charge in [-0.25, -0.2) is 5.01 Å². The van der Waals surface area contributed by atoms with Crippen molar-refractivity contribution in [2.45, 2.75) is 13.2 Å². The van der Waals surface area contributed by atoms with E-state index in [-0.39, 0.29) is 0 Å². The van der Waals surface area contributed by atoms with Gasteiger partial charge in [0.2, 0.25) is 0 Å². The lowest BCUT2D eigenvalue weighted by Gasteiger charge is -2.27. The van der Waals surface area contributed by atoms with E-state index in [0.29, 0.717) is 6.61 Å². The smallest absolute Gasteiger partial charge is 0.0716 e. The van der Waals surface area contributed by atoms with Crippen molar-refractivity contribution in [1.29, 1.82) is 0 Å². The van der Waals surface area contributed by atoms with Gasteiger partial charge in [-0.2, -0.15) is 0 Å². The maximum absolute atomic E-state index is 5.31. The van der Waals surface area contributed by atoms with Crippen LogP contribution in [0.2, 0.25) is 0 Å². The van der Waals surface area contributed by atoms with Crippen LogP contribution in [-0.4, -0.2) is 38.4 Å². The van der Waals surface area contributed by atoms with Crippen molar-refractivity contribution in [3.05, 3.63) is 35.4 Å². The van der Waals surface area contributed by atoms with Crippen molar-refractivity contribution < 1.29 is 9.47 Å². The lowest BCUT2D eigenvalue weighted by Crippen LogP contribution is -2.45. The average molecular weight is 236 g/mol. The van der Waals surface area contributed by atoms with Crippen LogP contribution in [-0.2, 0) is 22.6 Å². The summed E-state index contributed by atoms with van der Waals surface area (Å²) in [7, 11) is 1.73. The molecular weight excluding hydrogens is 216 g/mol. The minimum atomic E-state index is 0.668. The molecule has 0 bridgehead atoms. The molecule has 0 radical (unpaired) electrons. The second-order valence-corrected chi connectivity index (χ2v) is 4.14. The SMILES string of the molecule is COCc1ccccc1CNN1CCOCC1. The summed E-state index contributed by atoms with van der Waals surface area (Å²) in [4.78, 5) is 0. The third-order valence-electron chi connectivity index (χ3n) is 2.92. The summed E-state index contributed by atoms with van der Waals surface area (Å²) in [5, 5.41) is 2.22. The van der Waals surface area contributed by atoms with E-state index >= 15 is 0 Å². The maximum Gasteiger partial charge on any atom is 0.0716 e. The quantitative estimate of drug-likeness (QED) is 0.832. The van der Waals surface area contributed by atoms with Gasteiger partial charge in [0.25, 0.3) is 0 Å². The largest absolute Gasteiger partial charge is 0.380 e. The van der Waals surface area contributed by atoms with Gasteiger partial charge in [0.15, 0.2) is 0 Å². The highest BCUT2D eigenvalue weighted by atomic mass is 16.5. The molecule has 0 spiro atoms. The lowest BCUT2D eigenvalue weighted by atomic mass is 10.1. The van der Waals surface area contributed by atoms with Crippen molar-refractivity contribution in [2.24, 2.45) is 0 Å². The molecule has 94 valence electrons. The van der Waals surface area contributed by atoms with E-state index in [1.165, 1.54) is 11.1 Å². The molecule has 1 fully saturated rings. The van der Waals surface area contributed by atoms with Crippen LogP contribution < -0.4 is 5.43 Å². The molecular formula is C13H20N2O2. The highest BCUT2D eigenvalue weighted by molar-refractivity contribution is 5.26. The Balaban J connectivity index is 1.88. The van der Waals surface area contributed by atoms with Gasteiger partial charge in [0.05, 0.1) is 19.8 Å². The summed E-state index contributed by atoms with van der Waals surface area (Å²) >= 11 is 0. The van der Waals surface area contributed by atoms with Crippen molar-refractivity contribution in [3.63, 3.8) is 0 Å². The zero-order valence-electron chi connectivity index (χ0n) is 10.3. The molecule has 2 rings (SSSR count). The van der Waals surface area contributed by atoms with Gasteiger partial charge in [0.1, 0.15) is 0 Å². The number of hydrazine groups is 1. The van der Waals surface area contributed by atoms with E-state index in [4.69, 9.17) is 9.47 Å². The van der Waals surface area contributed by atoms with Crippen LogP contribution in [0.1, 0.15) is 11.1 Å². The van der Waals surface area contributed by atoms with Crippen LogP contribution in [0.15, 0.2) is 24.3 Å². The number of methoxy groups -OCH3 is 1. The van der Waals surface area contributed by atoms with Crippen molar-refractivity contribution >= 4 is 0 Å². The lowest BCUT2D eigenvalue weighted by molar-refractivity contribution is 0.0104. The number of hydrogen-bond donors (Lipinski definition) is 1. The first-order valence-corrected chi connectivity index (χ1v) is 6.02. The fourth-order valence-electron chi connectivity index (χ4n) is 1.94. The summed E-state index contributed by atoms with van der Waals surface area (Å²) in [6, 6.07) is 8.36. The fourth-order valence-corrected chi connectivity index (χ4v) is 1.94. The standard InChI is InChI=1S/C13H20N2O2/c1-16-11-13-5-3-2-4-12(13)10-14-15-6-8-17-9-7-15/h2-5,14H,6-11H2,1H3. The Morgan fingerprint density at radius 3 is 2.65 bits per heavy atom. The molecule has 1 aliphatic heterocycles. The predicted octanol–water partition coefficient (Wildman–Crippen LogP) is 1.17. The summed E-state index contributed by atoms with van der Waals surface area (Å²) in [6.45, 7) is 5.04. The Hall–Kier alpha value is -0.940. The monoisotopic (exact) mass is 236 g/mol. The second kappa shape index (κ2) is 6.71. The van der Waals surface area contributed by atoms with E-state index in [2.05, 4.69) is 28.6 Å². The number of rotatable bonds is 5. The number of morpholine rings is 1. The average Bonchev–Trinajstić information content (AvgIpc) is 2.39. The second-order valence-electron chi connectivity index (χ2n) is 4.14. The number of ether oxygens (including phenoxy) is 2. The molecule has 1 N–H and O–H groups in total. The third-order valence-corrected chi connectivity index (χ3v) is 2.92. The minimum Gasteiger partial charge on any atom is -0.380 e. The molecule has 1 aliphatic rings. The van der Waals surface area contributed by atoms with Gasteiger partial charge >= 0.3 is 0 Å². The number of hydrogen-bond acceptors (Lipinski definition) is 4. The molecule has 1 aromatic carbocycles. The van der Waals surface area contributed by atoms with Crippen LogP contribution in [0.5, 0.6) is 0 Å². The van der Waals surface area contributed by atoms with E-state index in [1.54, 1.807) is 7.11 Å². The third kappa shape index (κ3) is 3.78. The zero-order chi connectivity index (χ0) is 11.9. The Morgan fingerprint density at radius 2 is 1.94 bits per heavy atom. The molecule has 1 saturated heterocycles. The molecule has 0 amide bonds. The first kappa shape index (κ1) is 12.5. The zero-order valence-corrected chi connectivity index (χ0v) is 10.3. The highest BCUT2D eigenvalue weighted by Gasteiger charge is 2.10. The van der Waals surface area contributed by atoms with Gasteiger partial charge in [-0.05, 0) is 11.1 Å². The maximum atomic E-state index is 5.31. The van der Waals surface area contributed by atoms with Gasteiger partial charge in [-0.3, -0.25) is 5.43 Å². The molecule has 0 aliphatic carbocycles. The summed E-state index contributed by atoms with van der Waals surface area (Å²) in [6.07, 6.45) is 0. The molecule has 0 atom stereocenters. The number of benzene rings is 1. The molecule has 0 aromatic heterocycles. The highest BCUT2D eigenvalue weighted by Crippen LogP contribution is 2.10. The molecule has 1 aromatic rings. The topological polar surface area (TPSA) is 33.7 Å². The first-order chi connectivity index (χ1) is 8.40. The van der Waals surface area contributed by atoms with Gasteiger partial charge in [0, 0.05) is 26.7 Å². The van der Waals surface area contributed by atoms with Crippen LogP contribution >= 0.6 is 0 Å². The van der Waals surface area contributed by atoms with Crippen LogP contribution in [0.4, 0.5) is 0 Å². The minimum absolute atomic E-state index is 0.668. The Bertz CT molecular complexity index is 338. The molecule has 1 heterocycles. The number of nitrogens with zero attached hydrogens (tertiary/aromatic N) is 1. The first-order valence-electron chi connectivity index (χ1n) is 6.02. The normalized spacial score (nSPS) is 17.2. The predicted molar refractivity (Wildman–Crippen MR) is 66.4 cm³/mol. The summed E-state index contributed by atoms with van der Waals surface area (Å²) in [5.41, 5.74) is 5.97. The summed E-state index contributed by atoms with van der Waals surface area (Å²) < 4.78 is 10.5. The van der Waals surface area contributed by atoms with E-state index in [0.717, 1.165) is 32.8 Å². The molecule has 0 unspecified atom stereocenters. The van der Waals surface area contributed by atoms with E-state index in [1.807, 2.05) is 6.07 Å². The summed E-state index contributed by atoms with van der Waals surface area (Å²) in [5.74, 6) is 0. The van der Waals surface area contributed by atoms with Gasteiger partial charge in [-0.15, -0.1) is 0 Å². The molecule has 4 heteroatoms. The van der Waals surface area contributed by atoms with Crippen molar-refractivity contribution in [3.8, 4) is 0 Å². The Kier molecular flexibility index (Phi) is 4.94. The number of nitrogens with one attached hydrogen (secondary N) is 1. The van der Waals surface area contributed by atoms with Gasteiger partial charge < -0.3 is 9.47 Å². The van der Waals surface area contributed by atoms with Gasteiger partial charge in [-0.1, -0.05) is 24.3 Å². The molecule has 17 heavy (non-hydrogen) atoms. The Labute approximate surface area is 102 Å². The molecule has 4 nitrogen and oxygen atoms in total. The van der Waals surface area contributed by atoms with Crippen LogP contribution in [0, 0.1) is 0 Å². The van der Waals surface area contributed by atoms with E-state index in [9.17, 15) is 0 Å². The van der Waals surface area contributed by atoms with Crippen molar-refractivity contribution in [1.82, 2.24) is 10.4 Å². The molecule has 0 saturated carbocycles. The Morgan fingerprint density at radius 1 is 1.24 bits per heavy atom. The van der Waals surface area contributed by atoms with Crippen LogP contribution in [0.3, 0.4) is 0 Å². The van der Waals surface area contributed by atoms with Crippen LogP contribution in [0.25, 0.3) is 0 Å².